The van der Waals surface area contributed by atoms with E-state index in [4.69, 9.17) is 24.7 Å². The number of carbonyl (C=O) groups is 5. The molecule has 1 amide bonds. The molecule has 3 aromatic heterocycles. The number of cyclic esters (lactones) is 3. The number of hydrogen-bond donors (Lipinski definition) is 2. The Kier molecular flexibility index (Phi) is 22.6. The average Bonchev–Trinajstić information content (AvgIpc) is 1.67. The maximum atomic E-state index is 13.1. The summed E-state index contributed by atoms with van der Waals surface area (Å²) in [5.74, 6) is 2.27. The molecule has 3 saturated heterocycles. The monoisotopic (exact) mass is 1480 g/mol. The number of pyridine rings is 3. The lowest BCUT2D eigenvalue weighted by Crippen LogP contribution is -2.48. The van der Waals surface area contributed by atoms with Crippen LogP contribution >= 0.6 is 0 Å². The van der Waals surface area contributed by atoms with E-state index in [0.29, 0.717) is 87.9 Å². The van der Waals surface area contributed by atoms with Crippen molar-refractivity contribution in [2.75, 3.05) is 6.61 Å². The van der Waals surface area contributed by atoms with E-state index in [-0.39, 0.29) is 119 Å². The van der Waals surface area contributed by atoms with Gasteiger partial charge in [-0.3, -0.25) is 34.1 Å². The summed E-state index contributed by atoms with van der Waals surface area (Å²) in [5, 5.41) is 2.97. The lowest BCUT2D eigenvalue weighted by atomic mass is 9.57. The maximum absolute atomic E-state index is 13.1. The summed E-state index contributed by atoms with van der Waals surface area (Å²) in [7, 11) is 0. The van der Waals surface area contributed by atoms with Crippen LogP contribution in [-0.2, 0) is 56.7 Å². The van der Waals surface area contributed by atoms with Gasteiger partial charge in [0.25, 0.3) is 0 Å². The highest BCUT2D eigenvalue weighted by molar-refractivity contribution is 5.81. The standard InChI is InChI=1S/C30H33F3N2O4.C27H29F3N2O2.C27H26F3NO3/c1-3-38-29(37)35-23-10-11-24-20(14-23)15-26-27(17(2)39-28(26)36)25(24)12-9-22-8-7-19(16-34-22)18-5-4-6-21(13-18)30(31,32)33;1-15-25-23(22-9-6-20(31)12-18(22)13-24(25)26(33)34-15)10-8-21-7-5-17(14-32-21)16-3-2-4-19(11-16)27(28,29)30;1-15-25-23(22-10-8-21(32)12-18(22)13-24(25)26(33)34-15)9-7-20-6-5-17(14-31-20)16-3-2-4-19(11-16)27(28,29)30/h4-9,12-13,16-17,20,23-27H,3,10-11,14-15H2,1-2H3,(H,35,37);2-5,7-8,10-11,14-15,18,20,22-25H,6,9,12-13,31H2,1H3;2-7,9,11,14-15,18,22-25H,8,10,12-13H2,1H3/b12-9+;10-8+;9-7+/t17-,20+,23-,24-,25+,26-,27+;15-,18+,20-,22-,23+,24-,25+;15-,18+,22-,23+,24-,25+/m111/s1. The molecular weight excluding hydrogens is 1390 g/mol. The number of benzene rings is 3. The van der Waals surface area contributed by atoms with Gasteiger partial charge in [0, 0.05) is 78.0 Å². The van der Waals surface area contributed by atoms with E-state index < -0.39 is 41.3 Å². The number of nitrogens with one attached hydrogen (secondary N) is 1. The molecule has 9 fully saturated rings. The van der Waals surface area contributed by atoms with Gasteiger partial charge in [0.2, 0.25) is 0 Å². The van der Waals surface area contributed by atoms with Crippen molar-refractivity contribution in [3.05, 3.63) is 180 Å². The first kappa shape index (κ1) is 76.2. The number of nitrogens with zero attached hydrogens (tertiary/aromatic N) is 3. The van der Waals surface area contributed by atoms with Crippen LogP contribution in [0.25, 0.3) is 51.6 Å². The van der Waals surface area contributed by atoms with Crippen molar-refractivity contribution in [1.29, 1.82) is 0 Å². The minimum absolute atomic E-state index is 0.0198. The zero-order valence-corrected chi connectivity index (χ0v) is 59.8. The fourth-order valence-electron chi connectivity index (χ4n) is 19.4. The number of aromatic nitrogens is 3. The van der Waals surface area contributed by atoms with E-state index in [1.807, 2.05) is 45.1 Å². The van der Waals surface area contributed by atoms with E-state index in [9.17, 15) is 63.5 Å². The SMILES string of the molecule is CCOC(=O)N[C@@H]1CC[C@@H]2[C@@H](C1)C[C@H]1C(=O)O[C@H](C)[C@H]1[C@H]2/C=C/c1ccc(-c2cccc(C(F)(F)F)c2)cn1.C[C@H]1OC(=O)[C@@H]2C[C@@H]3CC(=O)CC[C@H]3[C@H](/C=C/c3ccc(-c4cccc(C(F)(F)F)c4)cn3)[C@H]12.C[C@H]1OC(=O)[C@@H]2C[C@@H]3C[C@H](N)CC[C@H]3[C@H](/C=C/c3ccc(-c4cccc(C(F)(F)F)c4)cn3)[C@H]12. The minimum Gasteiger partial charge on any atom is -0.462 e. The average molecular weight is 1480 g/mol. The van der Waals surface area contributed by atoms with Crippen LogP contribution in [0.15, 0.2) is 146 Å². The third-order valence-corrected chi connectivity index (χ3v) is 24.3. The van der Waals surface area contributed by atoms with Crippen molar-refractivity contribution < 1.29 is 82.4 Å². The summed E-state index contributed by atoms with van der Waals surface area (Å²) in [4.78, 5) is 75.1. The normalized spacial score (nSPS) is 31.6. The second-order valence-electron chi connectivity index (χ2n) is 30.6. The number of hydrogen-bond acceptors (Lipinski definition) is 13. The largest absolute Gasteiger partial charge is 0.462 e. The highest BCUT2D eigenvalue weighted by atomic mass is 19.4. The van der Waals surface area contributed by atoms with Gasteiger partial charge in [-0.2, -0.15) is 39.5 Å². The van der Waals surface area contributed by atoms with Gasteiger partial charge in [-0.05, 0) is 235 Å². The Labute approximate surface area is 616 Å². The zero-order valence-electron chi connectivity index (χ0n) is 59.8. The van der Waals surface area contributed by atoms with Crippen LogP contribution in [0, 0.1) is 88.8 Å². The minimum atomic E-state index is -4.40. The van der Waals surface area contributed by atoms with Gasteiger partial charge in [0.15, 0.2) is 0 Å². The number of ketones is 1. The van der Waals surface area contributed by atoms with Crippen LogP contribution in [-0.4, -0.2) is 81.7 Å². The van der Waals surface area contributed by atoms with E-state index in [2.05, 4.69) is 38.5 Å². The Balaban J connectivity index is 0.000000142. The van der Waals surface area contributed by atoms with Crippen LogP contribution in [0.3, 0.4) is 0 Å². The molecule has 6 saturated carbocycles. The van der Waals surface area contributed by atoms with Crippen LogP contribution in [0.2, 0.25) is 0 Å². The van der Waals surface area contributed by atoms with Gasteiger partial charge in [-0.1, -0.05) is 72.8 Å². The molecule has 3 aromatic carbocycles. The fraction of sp³-hybridized carbons (Fsp3) is 0.476. The topological polar surface area (TPSA) is 199 Å². The number of carbonyl (C=O) groups excluding carboxylic acids is 5. The fourth-order valence-corrected chi connectivity index (χ4v) is 19.4. The number of Topliss-reactive ketones (excluding diaryl/α,β-unsaturated/α-hetero) is 1. The van der Waals surface area contributed by atoms with E-state index in [0.717, 1.165) is 106 Å². The first-order valence-electron chi connectivity index (χ1n) is 37.3. The molecule has 566 valence electrons. The quantitative estimate of drug-likeness (QED) is 0.0706. The van der Waals surface area contributed by atoms with Gasteiger partial charge in [-0.15, -0.1) is 0 Å². The predicted molar refractivity (Wildman–Crippen MR) is 382 cm³/mol. The Hall–Kier alpha value is -8.99. The van der Waals surface area contributed by atoms with Crippen LogP contribution in [0.1, 0.15) is 139 Å². The van der Waals surface area contributed by atoms with E-state index in [1.54, 1.807) is 74.0 Å². The van der Waals surface area contributed by atoms with Crippen molar-refractivity contribution >= 4 is 48.0 Å². The molecule has 0 radical (unpaired) electrons. The highest BCUT2D eigenvalue weighted by Crippen LogP contribution is 2.57. The molecule has 107 heavy (non-hydrogen) atoms. The highest BCUT2D eigenvalue weighted by Gasteiger charge is 2.58. The first-order valence-corrected chi connectivity index (χ1v) is 37.3. The van der Waals surface area contributed by atoms with Crippen molar-refractivity contribution in [3.63, 3.8) is 0 Å². The maximum Gasteiger partial charge on any atom is 0.416 e. The van der Waals surface area contributed by atoms with Gasteiger partial charge in [0.05, 0.1) is 58.1 Å². The predicted octanol–water partition coefficient (Wildman–Crippen LogP) is 18.2. The molecule has 6 aromatic rings. The summed E-state index contributed by atoms with van der Waals surface area (Å²) >= 11 is 0. The number of allylic oxidation sites excluding steroid dienone is 3. The molecule has 14 nitrogen and oxygen atoms in total. The van der Waals surface area contributed by atoms with Gasteiger partial charge >= 0.3 is 42.5 Å². The molecule has 3 aliphatic heterocycles. The number of alkyl carbamates (subject to hydrolysis) is 1. The van der Waals surface area contributed by atoms with Crippen LogP contribution < -0.4 is 11.1 Å². The number of rotatable bonds is 11. The Morgan fingerprint density at radius 3 is 1.23 bits per heavy atom. The van der Waals surface area contributed by atoms with Crippen molar-refractivity contribution in [2.45, 2.75) is 154 Å². The van der Waals surface area contributed by atoms with Crippen LogP contribution in [0.5, 0.6) is 0 Å². The summed E-state index contributed by atoms with van der Waals surface area (Å²) in [5.41, 5.74) is 9.53. The summed E-state index contributed by atoms with van der Waals surface area (Å²) in [6.45, 7) is 7.98. The Morgan fingerprint density at radius 1 is 0.486 bits per heavy atom. The molecule has 6 heterocycles. The number of halogens is 9. The molecule has 0 spiro atoms. The summed E-state index contributed by atoms with van der Waals surface area (Å²) < 4.78 is 140. The molecule has 23 heteroatoms. The second-order valence-corrected chi connectivity index (χ2v) is 30.6. The number of nitrogens with two attached hydrogens (primary N) is 1. The smallest absolute Gasteiger partial charge is 0.416 e. The third-order valence-electron chi connectivity index (χ3n) is 24.3. The molecule has 6 aliphatic carbocycles. The number of amides is 1. The number of ether oxygens (including phenoxy) is 4. The molecule has 3 N–H and O–H groups in total. The van der Waals surface area contributed by atoms with Gasteiger partial charge in [0.1, 0.15) is 24.1 Å². The van der Waals surface area contributed by atoms with Crippen molar-refractivity contribution in [2.24, 2.45) is 94.5 Å². The number of alkyl halides is 9. The second kappa shape index (κ2) is 31.7. The molecule has 0 bridgehead atoms. The van der Waals surface area contributed by atoms with Gasteiger partial charge in [-0.25, -0.2) is 4.79 Å². The lowest BCUT2D eigenvalue weighted by molar-refractivity contribution is -0.145. The lowest BCUT2D eigenvalue weighted by Gasteiger charge is -2.47. The summed E-state index contributed by atoms with van der Waals surface area (Å²) in [6, 6.07) is 26.6. The third kappa shape index (κ3) is 17.1. The molecular formula is C84H88F9N5O9. The Bertz CT molecular complexity index is 4300. The molecule has 9 aliphatic rings. The Morgan fingerprint density at radius 2 is 0.860 bits per heavy atom. The van der Waals surface area contributed by atoms with Crippen molar-refractivity contribution in [1.82, 2.24) is 20.3 Å². The van der Waals surface area contributed by atoms with Crippen molar-refractivity contribution in [3.8, 4) is 33.4 Å². The van der Waals surface area contributed by atoms with Crippen LogP contribution in [0.4, 0.5) is 44.3 Å². The molecule has 15 rings (SSSR count). The first-order chi connectivity index (χ1) is 51.0. The van der Waals surface area contributed by atoms with E-state index >= 15 is 0 Å². The number of fused-ring (bicyclic) bond motifs is 6. The van der Waals surface area contributed by atoms with Gasteiger partial charge < -0.3 is 30.0 Å². The molecule has 20 atom stereocenters. The summed E-state index contributed by atoms with van der Waals surface area (Å²) in [6.07, 6.45) is 12.8. The van der Waals surface area contributed by atoms with E-state index in [1.165, 1.54) is 18.2 Å². The zero-order chi connectivity index (χ0) is 75.8. The number of esters is 3. The molecule has 0 unspecified atom stereocenters.